The van der Waals surface area contributed by atoms with Crippen molar-refractivity contribution >= 4 is 23.4 Å². The lowest BCUT2D eigenvalue weighted by molar-refractivity contribution is -0.383. The van der Waals surface area contributed by atoms with Gasteiger partial charge in [0, 0.05) is 18.2 Å². The van der Waals surface area contributed by atoms with Crippen molar-refractivity contribution in [1.29, 1.82) is 0 Å². The van der Waals surface area contributed by atoms with Gasteiger partial charge in [0.1, 0.15) is 11.3 Å². The highest BCUT2D eigenvalue weighted by atomic mass is 16.6. The Kier molecular flexibility index (Phi) is 6.12. The van der Waals surface area contributed by atoms with Crippen molar-refractivity contribution in [3.05, 3.63) is 69.8 Å². The van der Waals surface area contributed by atoms with Crippen LogP contribution < -0.4 is 10.6 Å². The number of nitrogens with zero attached hydrogens (tertiary/aromatic N) is 1. The lowest BCUT2D eigenvalue weighted by Gasteiger charge is -2.19. The maximum atomic E-state index is 12.3. The minimum Gasteiger partial charge on any atom is -0.444 e. The Balaban J connectivity index is 1.98. The van der Waals surface area contributed by atoms with Gasteiger partial charge in [-0.05, 0) is 44.5 Å². The Bertz CT molecular complexity index is 841. The third-order valence-corrected chi connectivity index (χ3v) is 3.40. The summed E-state index contributed by atoms with van der Waals surface area (Å²) in [7, 11) is 0. The number of para-hydroxylation sites is 2. The zero-order valence-corrected chi connectivity index (χ0v) is 15.3. The number of ether oxygens (including phenoxy) is 1. The van der Waals surface area contributed by atoms with Gasteiger partial charge in [-0.3, -0.25) is 14.9 Å². The van der Waals surface area contributed by atoms with E-state index in [-0.39, 0.29) is 17.9 Å². The summed E-state index contributed by atoms with van der Waals surface area (Å²) >= 11 is 0. The van der Waals surface area contributed by atoms with E-state index in [9.17, 15) is 19.7 Å². The molecule has 2 rings (SSSR count). The molecule has 0 atom stereocenters. The first-order valence-corrected chi connectivity index (χ1v) is 8.26. The third-order valence-electron chi connectivity index (χ3n) is 3.40. The molecule has 2 N–H and O–H groups in total. The average molecular weight is 371 g/mol. The summed E-state index contributed by atoms with van der Waals surface area (Å²) in [6, 6.07) is 12.5. The molecule has 0 aromatic heterocycles. The molecule has 0 radical (unpaired) electrons. The highest BCUT2D eigenvalue weighted by Crippen LogP contribution is 2.23. The van der Waals surface area contributed by atoms with E-state index in [2.05, 4.69) is 10.6 Å². The monoisotopic (exact) mass is 371 g/mol. The molecule has 142 valence electrons. The van der Waals surface area contributed by atoms with Gasteiger partial charge in [0.15, 0.2) is 0 Å². The van der Waals surface area contributed by atoms with Gasteiger partial charge >= 0.3 is 6.09 Å². The summed E-state index contributed by atoms with van der Waals surface area (Å²) in [5, 5.41) is 16.2. The van der Waals surface area contributed by atoms with Gasteiger partial charge in [-0.2, -0.15) is 0 Å². The number of nitrogens with one attached hydrogen (secondary N) is 2. The lowest BCUT2D eigenvalue weighted by atomic mass is 10.1. The number of nitro benzene ring substituents is 1. The quantitative estimate of drug-likeness (QED) is 0.612. The predicted octanol–water partition coefficient (Wildman–Crippen LogP) is 3.87. The standard InChI is InChI=1S/C19H21N3O5/c1-19(2,3)27-18(24)20-12-13-8-10-14(11-9-13)17(23)21-15-6-4-5-7-16(15)22(25)26/h4-11H,12H2,1-3H3,(H,20,24)(H,21,23). The van der Waals surface area contributed by atoms with Gasteiger partial charge in [0.25, 0.3) is 11.6 Å². The van der Waals surface area contributed by atoms with E-state index in [1.807, 2.05) is 0 Å². The van der Waals surface area contributed by atoms with Crippen molar-refractivity contribution in [2.45, 2.75) is 32.9 Å². The number of alkyl carbamates (subject to hydrolysis) is 1. The number of carbonyl (C=O) groups excluding carboxylic acids is 2. The molecular weight excluding hydrogens is 350 g/mol. The van der Waals surface area contributed by atoms with E-state index in [1.165, 1.54) is 18.2 Å². The molecule has 0 fully saturated rings. The van der Waals surface area contributed by atoms with E-state index in [4.69, 9.17) is 4.74 Å². The van der Waals surface area contributed by atoms with E-state index >= 15 is 0 Å². The number of anilines is 1. The Labute approximate surface area is 156 Å². The van der Waals surface area contributed by atoms with Crippen molar-refractivity contribution in [3.63, 3.8) is 0 Å². The Morgan fingerprint density at radius 2 is 1.70 bits per heavy atom. The second kappa shape index (κ2) is 8.31. The minimum atomic E-state index is -0.577. The lowest BCUT2D eigenvalue weighted by Crippen LogP contribution is -2.32. The maximum absolute atomic E-state index is 12.3. The fourth-order valence-electron chi connectivity index (χ4n) is 2.20. The Morgan fingerprint density at radius 1 is 1.07 bits per heavy atom. The molecule has 0 spiro atoms. The van der Waals surface area contributed by atoms with Crippen LogP contribution in [0.4, 0.5) is 16.2 Å². The van der Waals surface area contributed by atoms with Crippen LogP contribution in [0.2, 0.25) is 0 Å². The highest BCUT2D eigenvalue weighted by molar-refractivity contribution is 6.05. The first-order chi connectivity index (χ1) is 12.7. The van der Waals surface area contributed by atoms with Gasteiger partial charge in [0.2, 0.25) is 0 Å². The van der Waals surface area contributed by atoms with E-state index < -0.39 is 22.5 Å². The SMILES string of the molecule is CC(C)(C)OC(=O)NCc1ccc(C(=O)Nc2ccccc2[N+](=O)[O-])cc1. The van der Waals surface area contributed by atoms with Gasteiger partial charge in [-0.25, -0.2) is 4.79 Å². The normalized spacial score (nSPS) is 10.8. The van der Waals surface area contributed by atoms with Crippen LogP contribution in [0.1, 0.15) is 36.7 Å². The molecule has 8 nitrogen and oxygen atoms in total. The first-order valence-electron chi connectivity index (χ1n) is 8.26. The second-order valence-corrected chi connectivity index (χ2v) is 6.78. The van der Waals surface area contributed by atoms with Crippen LogP contribution in [0.25, 0.3) is 0 Å². The molecule has 0 saturated heterocycles. The summed E-state index contributed by atoms with van der Waals surface area (Å²) in [5.74, 6) is -0.462. The number of hydrogen-bond acceptors (Lipinski definition) is 5. The van der Waals surface area contributed by atoms with Crippen LogP contribution in [0.15, 0.2) is 48.5 Å². The largest absolute Gasteiger partial charge is 0.444 e. The molecule has 0 unspecified atom stereocenters. The Hall–Kier alpha value is -3.42. The van der Waals surface area contributed by atoms with Crippen LogP contribution in [0, 0.1) is 10.1 Å². The molecule has 0 aliphatic heterocycles. The molecule has 0 saturated carbocycles. The first kappa shape index (κ1) is 19.9. The summed E-state index contributed by atoms with van der Waals surface area (Å²) in [6.07, 6.45) is -0.527. The second-order valence-electron chi connectivity index (χ2n) is 6.78. The zero-order chi connectivity index (χ0) is 20.0. The van der Waals surface area contributed by atoms with Crippen LogP contribution in [0.5, 0.6) is 0 Å². The molecule has 0 aliphatic carbocycles. The molecule has 2 amide bonds. The van der Waals surface area contributed by atoms with Gasteiger partial charge < -0.3 is 15.4 Å². The van der Waals surface area contributed by atoms with E-state index in [1.54, 1.807) is 51.1 Å². The molecule has 27 heavy (non-hydrogen) atoms. The van der Waals surface area contributed by atoms with E-state index in [0.717, 1.165) is 5.56 Å². The van der Waals surface area contributed by atoms with Crippen LogP contribution in [0.3, 0.4) is 0 Å². The summed E-state index contributed by atoms with van der Waals surface area (Å²) in [5.41, 5.74) is 0.496. The molecule has 2 aromatic carbocycles. The van der Waals surface area contributed by atoms with E-state index in [0.29, 0.717) is 5.56 Å². The summed E-state index contributed by atoms with van der Waals surface area (Å²) in [4.78, 5) is 34.4. The third kappa shape index (κ3) is 6.10. The van der Waals surface area contributed by atoms with Crippen molar-refractivity contribution in [2.75, 3.05) is 5.32 Å². The maximum Gasteiger partial charge on any atom is 0.407 e. The number of benzene rings is 2. The van der Waals surface area contributed by atoms with Crippen molar-refractivity contribution in [3.8, 4) is 0 Å². The molecular formula is C19H21N3O5. The fraction of sp³-hybridized carbons (Fsp3) is 0.263. The number of hydrogen-bond donors (Lipinski definition) is 2. The summed E-state index contributed by atoms with van der Waals surface area (Å²) < 4.78 is 5.15. The minimum absolute atomic E-state index is 0.128. The van der Waals surface area contributed by atoms with Gasteiger partial charge in [-0.15, -0.1) is 0 Å². The highest BCUT2D eigenvalue weighted by Gasteiger charge is 2.17. The van der Waals surface area contributed by atoms with Crippen molar-refractivity contribution < 1.29 is 19.2 Å². The van der Waals surface area contributed by atoms with Gasteiger partial charge in [0.05, 0.1) is 4.92 Å². The molecule has 2 aromatic rings. The zero-order valence-electron chi connectivity index (χ0n) is 15.3. The Morgan fingerprint density at radius 3 is 2.30 bits per heavy atom. The van der Waals surface area contributed by atoms with Crippen LogP contribution in [-0.4, -0.2) is 22.5 Å². The van der Waals surface area contributed by atoms with Crippen molar-refractivity contribution in [2.24, 2.45) is 0 Å². The summed E-state index contributed by atoms with van der Waals surface area (Å²) in [6.45, 7) is 5.58. The molecule has 0 bridgehead atoms. The number of nitro groups is 1. The molecule has 0 heterocycles. The average Bonchev–Trinajstić information content (AvgIpc) is 2.59. The number of carbonyl (C=O) groups is 2. The fourth-order valence-corrected chi connectivity index (χ4v) is 2.20. The van der Waals surface area contributed by atoms with Crippen molar-refractivity contribution in [1.82, 2.24) is 5.32 Å². The topological polar surface area (TPSA) is 111 Å². The molecule has 8 heteroatoms. The smallest absolute Gasteiger partial charge is 0.407 e. The number of rotatable bonds is 5. The van der Waals surface area contributed by atoms with Crippen LogP contribution >= 0.6 is 0 Å². The molecule has 0 aliphatic rings. The number of amides is 2. The van der Waals surface area contributed by atoms with Crippen LogP contribution in [-0.2, 0) is 11.3 Å². The van der Waals surface area contributed by atoms with Gasteiger partial charge in [-0.1, -0.05) is 24.3 Å². The predicted molar refractivity (Wildman–Crippen MR) is 101 cm³/mol.